The minimum Gasteiger partial charge on any atom is -0.442 e. The molecule has 0 radical (unpaired) electrons. The Morgan fingerprint density at radius 2 is 1.96 bits per heavy atom. The average molecular weight is 352 g/mol. The molecule has 0 bridgehead atoms. The number of sulfonamides is 1. The fourth-order valence-electron chi connectivity index (χ4n) is 3.10. The molecule has 0 amide bonds. The number of likely N-dealkylation sites (N-methyl/N-ethyl adjacent to an activating group) is 2. The molecule has 3 rings (SSSR count). The quantitative estimate of drug-likeness (QED) is 0.826. The predicted molar refractivity (Wildman–Crippen MR) is 91.0 cm³/mol. The van der Waals surface area contributed by atoms with Gasteiger partial charge in [-0.25, -0.2) is 8.42 Å². The summed E-state index contributed by atoms with van der Waals surface area (Å²) < 4.78 is 32.1. The lowest BCUT2D eigenvalue weighted by Gasteiger charge is -2.26. The molecule has 7 nitrogen and oxygen atoms in total. The zero-order chi connectivity index (χ0) is 17.2. The van der Waals surface area contributed by atoms with Gasteiger partial charge in [0.05, 0.1) is 0 Å². The van der Waals surface area contributed by atoms with Gasteiger partial charge in [0.25, 0.3) is 10.0 Å². The minimum atomic E-state index is -3.62. The molecule has 0 spiro atoms. The van der Waals surface area contributed by atoms with Gasteiger partial charge in [0.15, 0.2) is 5.76 Å². The summed E-state index contributed by atoms with van der Waals surface area (Å²) in [7, 11) is 0.0399. The molecule has 2 heterocycles. The molecule has 2 aromatic heterocycles. The molecule has 1 aliphatic rings. The van der Waals surface area contributed by atoms with Crippen molar-refractivity contribution in [3.05, 3.63) is 24.4 Å². The molecule has 1 aliphatic carbocycles. The van der Waals surface area contributed by atoms with Crippen molar-refractivity contribution in [3.63, 3.8) is 0 Å². The molecule has 0 aliphatic heterocycles. The van der Waals surface area contributed by atoms with Gasteiger partial charge >= 0.3 is 0 Å². The van der Waals surface area contributed by atoms with E-state index in [1.807, 2.05) is 0 Å². The van der Waals surface area contributed by atoms with E-state index < -0.39 is 10.0 Å². The largest absolute Gasteiger partial charge is 0.442 e. The predicted octanol–water partition coefficient (Wildman–Crippen LogP) is 2.16. The van der Waals surface area contributed by atoms with Gasteiger partial charge in [-0.05, 0) is 38.1 Å². The van der Waals surface area contributed by atoms with Gasteiger partial charge in [0, 0.05) is 32.4 Å². The summed E-state index contributed by atoms with van der Waals surface area (Å²) in [4.78, 5) is 2.26. The lowest BCUT2D eigenvalue weighted by atomic mass is 10.2. The van der Waals surface area contributed by atoms with Gasteiger partial charge in [-0.2, -0.15) is 9.40 Å². The highest BCUT2D eigenvalue weighted by atomic mass is 32.2. The Morgan fingerprint density at radius 3 is 2.62 bits per heavy atom. The van der Waals surface area contributed by atoms with Crippen LogP contribution in [0.4, 0.5) is 0 Å². The van der Waals surface area contributed by atoms with Crippen LogP contribution < -0.4 is 0 Å². The van der Waals surface area contributed by atoms with E-state index in [0.717, 1.165) is 0 Å². The number of hydrogen-bond donors (Lipinski definition) is 1. The molecular formula is C16H24N4O3S. The normalized spacial score (nSPS) is 16.5. The van der Waals surface area contributed by atoms with Crippen LogP contribution >= 0.6 is 0 Å². The van der Waals surface area contributed by atoms with Crippen LogP contribution in [0.15, 0.2) is 33.9 Å². The summed E-state index contributed by atoms with van der Waals surface area (Å²) in [5, 5.41) is 6.56. The second-order valence-electron chi connectivity index (χ2n) is 6.33. The minimum absolute atomic E-state index is 0.0434. The number of hydrogen-bond acceptors (Lipinski definition) is 5. The van der Waals surface area contributed by atoms with Crippen molar-refractivity contribution in [2.75, 3.05) is 27.2 Å². The first-order valence-corrected chi connectivity index (χ1v) is 9.68. The van der Waals surface area contributed by atoms with Crippen LogP contribution in [0, 0.1) is 0 Å². The maximum Gasteiger partial charge on any atom is 0.276 e. The van der Waals surface area contributed by atoms with Gasteiger partial charge in [-0.1, -0.05) is 12.8 Å². The van der Waals surface area contributed by atoms with E-state index in [9.17, 15) is 8.42 Å². The van der Waals surface area contributed by atoms with Gasteiger partial charge in [-0.15, -0.1) is 0 Å². The Bertz CT molecular complexity index is 748. The number of furan rings is 1. The summed E-state index contributed by atoms with van der Waals surface area (Å²) in [5.41, 5.74) is 0.653. The van der Waals surface area contributed by atoms with Crippen LogP contribution in [0.1, 0.15) is 25.7 Å². The lowest BCUT2D eigenvalue weighted by Crippen LogP contribution is -2.38. The topological polar surface area (TPSA) is 82.4 Å². The third-order valence-electron chi connectivity index (χ3n) is 4.73. The average Bonchev–Trinajstić information content (AvgIpc) is 3.33. The molecule has 0 aromatic carbocycles. The van der Waals surface area contributed by atoms with Crippen LogP contribution in [0.2, 0.25) is 0 Å². The Hall–Kier alpha value is -1.64. The summed E-state index contributed by atoms with van der Waals surface area (Å²) in [6, 6.07) is 5.44. The summed E-state index contributed by atoms with van der Waals surface area (Å²) >= 11 is 0. The molecule has 8 heteroatoms. The molecule has 1 N–H and O–H groups in total. The van der Waals surface area contributed by atoms with E-state index in [1.54, 1.807) is 25.4 Å². The molecule has 1 saturated carbocycles. The van der Waals surface area contributed by atoms with Crippen molar-refractivity contribution in [1.29, 1.82) is 0 Å². The van der Waals surface area contributed by atoms with Gasteiger partial charge < -0.3 is 9.32 Å². The SMILES string of the molecule is CN(CCN(C)S(=O)(=O)c1ccc(-c2ccn[nH]2)o1)C1CCCC1. The smallest absolute Gasteiger partial charge is 0.276 e. The molecule has 0 saturated heterocycles. The molecule has 1 fully saturated rings. The van der Waals surface area contributed by atoms with E-state index in [-0.39, 0.29) is 5.09 Å². The maximum atomic E-state index is 12.6. The van der Waals surface area contributed by atoms with Crippen molar-refractivity contribution in [3.8, 4) is 11.5 Å². The van der Waals surface area contributed by atoms with Crippen LogP contribution in [-0.2, 0) is 10.0 Å². The van der Waals surface area contributed by atoms with Crippen LogP contribution in [0.3, 0.4) is 0 Å². The van der Waals surface area contributed by atoms with E-state index in [4.69, 9.17) is 4.42 Å². The number of aromatic nitrogens is 2. The van der Waals surface area contributed by atoms with E-state index in [0.29, 0.717) is 30.6 Å². The molecule has 0 unspecified atom stereocenters. The monoisotopic (exact) mass is 352 g/mol. The van der Waals surface area contributed by atoms with Gasteiger partial charge in [-0.3, -0.25) is 5.10 Å². The van der Waals surface area contributed by atoms with E-state index in [1.165, 1.54) is 36.1 Å². The standard InChI is InChI=1S/C16H24N4O3S/c1-19(13-5-3-4-6-13)11-12-20(2)24(21,22)16-8-7-15(23-16)14-9-10-17-18-14/h7-10,13H,3-6,11-12H2,1-2H3,(H,17,18). The molecule has 0 atom stereocenters. The first-order chi connectivity index (χ1) is 11.5. The number of rotatable bonds is 7. The number of aromatic amines is 1. The van der Waals surface area contributed by atoms with Crippen molar-refractivity contribution in [2.45, 2.75) is 36.8 Å². The first kappa shape index (κ1) is 17.2. The molecule has 24 heavy (non-hydrogen) atoms. The van der Waals surface area contributed by atoms with Gasteiger partial charge in [0.1, 0.15) is 5.69 Å². The van der Waals surface area contributed by atoms with Gasteiger partial charge in [0.2, 0.25) is 5.09 Å². The first-order valence-electron chi connectivity index (χ1n) is 8.24. The summed E-state index contributed by atoms with van der Waals surface area (Å²) in [6.07, 6.45) is 6.55. The molecule has 2 aromatic rings. The van der Waals surface area contributed by atoms with Crippen molar-refractivity contribution >= 4 is 10.0 Å². The third kappa shape index (κ3) is 3.55. The number of H-pyrrole nitrogens is 1. The Morgan fingerprint density at radius 1 is 1.21 bits per heavy atom. The Balaban J connectivity index is 1.63. The summed E-state index contributed by atoms with van der Waals surface area (Å²) in [5.74, 6) is 0.461. The highest BCUT2D eigenvalue weighted by Gasteiger charge is 2.26. The molecule has 132 valence electrons. The van der Waals surface area contributed by atoms with Crippen LogP contribution in [-0.4, -0.2) is 61.0 Å². The number of nitrogens with zero attached hydrogens (tertiary/aromatic N) is 3. The summed E-state index contributed by atoms with van der Waals surface area (Å²) in [6.45, 7) is 1.16. The maximum absolute atomic E-state index is 12.6. The zero-order valence-electron chi connectivity index (χ0n) is 14.1. The second kappa shape index (κ2) is 7.08. The van der Waals surface area contributed by atoms with E-state index in [2.05, 4.69) is 22.1 Å². The second-order valence-corrected chi connectivity index (χ2v) is 8.31. The van der Waals surface area contributed by atoms with Crippen molar-refractivity contribution in [1.82, 2.24) is 19.4 Å². The highest BCUT2D eigenvalue weighted by molar-refractivity contribution is 7.89. The third-order valence-corrected chi connectivity index (χ3v) is 6.46. The fourth-order valence-corrected chi connectivity index (χ4v) is 4.16. The Kier molecular flexibility index (Phi) is 5.07. The zero-order valence-corrected chi connectivity index (χ0v) is 14.9. The van der Waals surface area contributed by atoms with Crippen LogP contribution in [0.5, 0.6) is 0 Å². The van der Waals surface area contributed by atoms with Crippen molar-refractivity contribution in [2.24, 2.45) is 0 Å². The lowest BCUT2D eigenvalue weighted by molar-refractivity contribution is 0.232. The fraction of sp³-hybridized carbons (Fsp3) is 0.562. The molecular weight excluding hydrogens is 328 g/mol. The Labute approximate surface area is 142 Å². The van der Waals surface area contributed by atoms with E-state index >= 15 is 0 Å². The number of nitrogens with one attached hydrogen (secondary N) is 1. The highest BCUT2D eigenvalue weighted by Crippen LogP contribution is 2.25. The van der Waals surface area contributed by atoms with Crippen LogP contribution in [0.25, 0.3) is 11.5 Å². The van der Waals surface area contributed by atoms with Crippen molar-refractivity contribution < 1.29 is 12.8 Å².